The molecular weight excluding hydrogens is 295 g/mol. The molecule has 0 aromatic heterocycles. The first kappa shape index (κ1) is 15.2. The number of nitrogens with zero attached hydrogens (tertiary/aromatic N) is 1. The molecule has 1 N–H and O–H groups in total. The number of aryl methyl sites for hydroxylation is 1. The fraction of sp³-hybridized carbons (Fsp3) is 0.222. The molecule has 1 aliphatic rings. The van der Waals surface area contributed by atoms with E-state index in [4.69, 9.17) is 4.84 Å². The Hall–Kier alpha value is -2.69. The van der Waals surface area contributed by atoms with E-state index in [1.807, 2.05) is 31.2 Å². The SMILES string of the molecule is CCc1ccccc1NC(=O)C1CC(c2cccc(F)c2)=NO1. The summed E-state index contributed by atoms with van der Waals surface area (Å²) in [5, 5.41) is 6.80. The van der Waals surface area contributed by atoms with E-state index >= 15 is 0 Å². The third-order valence-corrected chi connectivity index (χ3v) is 3.78. The van der Waals surface area contributed by atoms with Crippen molar-refractivity contribution in [1.29, 1.82) is 0 Å². The zero-order valence-electron chi connectivity index (χ0n) is 12.8. The van der Waals surface area contributed by atoms with E-state index in [-0.39, 0.29) is 11.7 Å². The zero-order chi connectivity index (χ0) is 16.2. The molecule has 23 heavy (non-hydrogen) atoms. The van der Waals surface area contributed by atoms with Crippen LogP contribution in [0.3, 0.4) is 0 Å². The number of benzene rings is 2. The second-order valence-corrected chi connectivity index (χ2v) is 5.35. The summed E-state index contributed by atoms with van der Waals surface area (Å²) in [6.45, 7) is 2.03. The molecular formula is C18H17FN2O2. The molecule has 1 amide bonds. The molecule has 1 aliphatic heterocycles. The average Bonchev–Trinajstić information content (AvgIpc) is 3.05. The number of para-hydroxylation sites is 1. The Morgan fingerprint density at radius 3 is 2.91 bits per heavy atom. The summed E-state index contributed by atoms with van der Waals surface area (Å²) in [6, 6.07) is 13.8. The van der Waals surface area contributed by atoms with Crippen LogP contribution in [0.2, 0.25) is 0 Å². The summed E-state index contributed by atoms with van der Waals surface area (Å²) < 4.78 is 13.3. The van der Waals surface area contributed by atoms with Gasteiger partial charge >= 0.3 is 0 Å². The number of hydrogen-bond donors (Lipinski definition) is 1. The van der Waals surface area contributed by atoms with Crippen LogP contribution in [0.5, 0.6) is 0 Å². The van der Waals surface area contributed by atoms with Crippen molar-refractivity contribution in [3.63, 3.8) is 0 Å². The maximum Gasteiger partial charge on any atom is 0.268 e. The third-order valence-electron chi connectivity index (χ3n) is 3.78. The number of carbonyl (C=O) groups is 1. The fourth-order valence-electron chi connectivity index (χ4n) is 2.52. The second kappa shape index (κ2) is 6.60. The van der Waals surface area contributed by atoms with Crippen molar-refractivity contribution in [3.8, 4) is 0 Å². The minimum atomic E-state index is -0.696. The quantitative estimate of drug-likeness (QED) is 0.939. The number of oxime groups is 1. The van der Waals surface area contributed by atoms with Crippen molar-refractivity contribution in [1.82, 2.24) is 0 Å². The maximum absolute atomic E-state index is 13.3. The van der Waals surface area contributed by atoms with Crippen molar-refractivity contribution < 1.29 is 14.0 Å². The lowest BCUT2D eigenvalue weighted by molar-refractivity contribution is -0.125. The van der Waals surface area contributed by atoms with Crippen LogP contribution in [0.25, 0.3) is 0 Å². The number of halogens is 1. The van der Waals surface area contributed by atoms with Crippen LogP contribution in [-0.2, 0) is 16.1 Å². The zero-order valence-corrected chi connectivity index (χ0v) is 12.8. The highest BCUT2D eigenvalue weighted by Gasteiger charge is 2.29. The topological polar surface area (TPSA) is 50.7 Å². The van der Waals surface area contributed by atoms with Gasteiger partial charge in [0, 0.05) is 17.7 Å². The molecule has 0 saturated heterocycles. The summed E-state index contributed by atoms with van der Waals surface area (Å²) in [5.74, 6) is -0.587. The molecule has 0 spiro atoms. The van der Waals surface area contributed by atoms with E-state index in [1.54, 1.807) is 12.1 Å². The van der Waals surface area contributed by atoms with Gasteiger partial charge in [0.05, 0.1) is 5.71 Å². The van der Waals surface area contributed by atoms with Crippen molar-refractivity contribution in [3.05, 3.63) is 65.5 Å². The maximum atomic E-state index is 13.3. The number of amides is 1. The predicted molar refractivity (Wildman–Crippen MR) is 86.9 cm³/mol. The van der Waals surface area contributed by atoms with Gasteiger partial charge in [-0.3, -0.25) is 4.79 Å². The molecule has 0 bridgehead atoms. The highest BCUT2D eigenvalue weighted by molar-refractivity contribution is 6.06. The molecule has 1 unspecified atom stereocenters. The molecule has 118 valence electrons. The highest BCUT2D eigenvalue weighted by Crippen LogP contribution is 2.21. The van der Waals surface area contributed by atoms with Crippen LogP contribution in [0.4, 0.5) is 10.1 Å². The monoisotopic (exact) mass is 312 g/mol. The standard InChI is InChI=1S/C18H17FN2O2/c1-2-12-6-3-4-9-15(12)20-18(22)17-11-16(21-23-17)13-7-5-8-14(19)10-13/h3-10,17H,2,11H2,1H3,(H,20,22). The summed E-state index contributed by atoms with van der Waals surface area (Å²) in [4.78, 5) is 17.6. The molecule has 2 aromatic rings. The largest absolute Gasteiger partial charge is 0.382 e. The van der Waals surface area contributed by atoms with Crippen LogP contribution in [0.15, 0.2) is 53.7 Å². The number of anilines is 1. The van der Waals surface area contributed by atoms with Crippen molar-refractivity contribution in [2.45, 2.75) is 25.9 Å². The smallest absolute Gasteiger partial charge is 0.268 e. The minimum absolute atomic E-state index is 0.249. The first-order valence-corrected chi connectivity index (χ1v) is 7.54. The van der Waals surface area contributed by atoms with Crippen molar-refractivity contribution >= 4 is 17.3 Å². The van der Waals surface area contributed by atoms with Gasteiger partial charge in [-0.15, -0.1) is 0 Å². The van der Waals surface area contributed by atoms with Crippen LogP contribution >= 0.6 is 0 Å². The number of hydrogen-bond acceptors (Lipinski definition) is 3. The molecule has 0 saturated carbocycles. The molecule has 5 heteroatoms. The van der Waals surface area contributed by atoms with Crippen LogP contribution in [-0.4, -0.2) is 17.7 Å². The van der Waals surface area contributed by atoms with Gasteiger partial charge in [0.1, 0.15) is 5.82 Å². The lowest BCUT2D eigenvalue weighted by Gasteiger charge is -2.12. The van der Waals surface area contributed by atoms with Gasteiger partial charge in [0.25, 0.3) is 5.91 Å². The third kappa shape index (κ3) is 3.39. The molecule has 4 nitrogen and oxygen atoms in total. The average molecular weight is 312 g/mol. The van der Waals surface area contributed by atoms with E-state index in [2.05, 4.69) is 10.5 Å². The first-order valence-electron chi connectivity index (χ1n) is 7.54. The van der Waals surface area contributed by atoms with Crippen molar-refractivity contribution in [2.75, 3.05) is 5.32 Å². The van der Waals surface area contributed by atoms with E-state index in [0.29, 0.717) is 17.7 Å². The lowest BCUT2D eigenvalue weighted by Crippen LogP contribution is -2.28. The predicted octanol–water partition coefficient (Wildman–Crippen LogP) is 3.52. The van der Waals surface area contributed by atoms with E-state index < -0.39 is 6.10 Å². The van der Waals surface area contributed by atoms with Gasteiger partial charge in [0.15, 0.2) is 0 Å². The Balaban J connectivity index is 1.67. The van der Waals surface area contributed by atoms with Gasteiger partial charge in [0.2, 0.25) is 6.10 Å². The normalized spacial score (nSPS) is 16.6. The van der Waals surface area contributed by atoms with E-state index in [9.17, 15) is 9.18 Å². The van der Waals surface area contributed by atoms with Crippen LogP contribution < -0.4 is 5.32 Å². The van der Waals surface area contributed by atoms with Gasteiger partial charge < -0.3 is 10.2 Å². The minimum Gasteiger partial charge on any atom is -0.382 e. The molecule has 0 radical (unpaired) electrons. The number of nitrogens with one attached hydrogen (secondary N) is 1. The highest BCUT2D eigenvalue weighted by atomic mass is 19.1. The molecule has 1 atom stereocenters. The van der Waals surface area contributed by atoms with E-state index in [0.717, 1.165) is 17.7 Å². The Morgan fingerprint density at radius 2 is 2.13 bits per heavy atom. The Labute approximate surface area is 134 Å². The fourth-order valence-corrected chi connectivity index (χ4v) is 2.52. The van der Waals surface area contributed by atoms with Crippen LogP contribution in [0, 0.1) is 5.82 Å². The van der Waals surface area contributed by atoms with E-state index in [1.165, 1.54) is 12.1 Å². The first-order chi connectivity index (χ1) is 11.2. The van der Waals surface area contributed by atoms with Gasteiger partial charge in [-0.25, -0.2) is 4.39 Å². The molecule has 0 fully saturated rings. The second-order valence-electron chi connectivity index (χ2n) is 5.35. The molecule has 3 rings (SSSR count). The summed E-state index contributed by atoms with van der Waals surface area (Å²) >= 11 is 0. The molecule has 1 heterocycles. The van der Waals surface area contributed by atoms with Gasteiger partial charge in [-0.05, 0) is 30.2 Å². The van der Waals surface area contributed by atoms with Crippen molar-refractivity contribution in [2.24, 2.45) is 5.16 Å². The Bertz CT molecular complexity index is 758. The number of carbonyl (C=O) groups excluding carboxylic acids is 1. The van der Waals surface area contributed by atoms with Crippen LogP contribution in [0.1, 0.15) is 24.5 Å². The summed E-state index contributed by atoms with van der Waals surface area (Å²) in [6.07, 6.45) is 0.453. The Kier molecular flexibility index (Phi) is 4.37. The summed E-state index contributed by atoms with van der Waals surface area (Å²) in [5.41, 5.74) is 3.05. The lowest BCUT2D eigenvalue weighted by atomic mass is 10.0. The number of rotatable bonds is 4. The molecule has 0 aliphatic carbocycles. The Morgan fingerprint density at radius 1 is 1.30 bits per heavy atom. The van der Waals surface area contributed by atoms with Gasteiger partial charge in [-0.1, -0.05) is 42.4 Å². The molecule has 2 aromatic carbocycles. The summed E-state index contributed by atoms with van der Waals surface area (Å²) in [7, 11) is 0. The van der Waals surface area contributed by atoms with Gasteiger partial charge in [-0.2, -0.15) is 0 Å².